The Morgan fingerprint density at radius 2 is 2.12 bits per heavy atom. The summed E-state index contributed by atoms with van der Waals surface area (Å²) in [6.45, 7) is 4.81. The molecule has 0 saturated carbocycles. The summed E-state index contributed by atoms with van der Waals surface area (Å²) in [7, 11) is 0. The summed E-state index contributed by atoms with van der Waals surface area (Å²) in [5, 5.41) is 10.0. The number of hydrazine groups is 1. The zero-order valence-electron chi connectivity index (χ0n) is 13.9. The number of nitrogens with zero attached hydrogens (tertiary/aromatic N) is 3. The molecule has 8 heteroatoms. The third-order valence-corrected chi connectivity index (χ3v) is 4.19. The average molecular weight is 329 g/mol. The molecule has 0 bridgehead atoms. The van der Waals surface area contributed by atoms with E-state index in [1.54, 1.807) is 12.4 Å². The van der Waals surface area contributed by atoms with Gasteiger partial charge in [0.2, 0.25) is 5.91 Å². The van der Waals surface area contributed by atoms with Crippen LogP contribution in [0.4, 0.5) is 0 Å². The van der Waals surface area contributed by atoms with E-state index >= 15 is 0 Å². The Balaban J connectivity index is 1.45. The number of carbonyl (C=O) groups excluding carboxylic acids is 1. The zero-order valence-corrected chi connectivity index (χ0v) is 13.9. The van der Waals surface area contributed by atoms with Crippen molar-refractivity contribution in [2.45, 2.75) is 38.8 Å². The van der Waals surface area contributed by atoms with Gasteiger partial charge in [-0.15, -0.1) is 0 Å². The predicted molar refractivity (Wildman–Crippen MR) is 89.6 cm³/mol. The van der Waals surface area contributed by atoms with Crippen molar-refractivity contribution >= 4 is 5.91 Å². The lowest BCUT2D eigenvalue weighted by Gasteiger charge is -2.12. The van der Waals surface area contributed by atoms with Crippen LogP contribution in [-0.2, 0) is 11.2 Å². The molecule has 0 aromatic carbocycles. The molecular formula is C16H23N7O. The predicted octanol–water partition coefficient (Wildman–Crippen LogP) is 0.417. The van der Waals surface area contributed by atoms with Crippen LogP contribution in [0.3, 0.4) is 0 Å². The Kier molecular flexibility index (Phi) is 5.17. The maximum atomic E-state index is 12.2. The van der Waals surface area contributed by atoms with Crippen LogP contribution in [0.15, 0.2) is 24.5 Å². The fourth-order valence-electron chi connectivity index (χ4n) is 2.66. The summed E-state index contributed by atoms with van der Waals surface area (Å²) in [6.07, 6.45) is 4.83. The number of pyridine rings is 1. The second-order valence-electron chi connectivity index (χ2n) is 6.31. The van der Waals surface area contributed by atoms with Crippen LogP contribution < -0.4 is 16.2 Å². The molecule has 0 aliphatic carbocycles. The molecule has 3 rings (SSSR count). The van der Waals surface area contributed by atoms with E-state index in [1.165, 1.54) is 0 Å². The summed E-state index contributed by atoms with van der Waals surface area (Å²) in [6, 6.07) is 3.87. The number of rotatable bonds is 6. The molecule has 128 valence electrons. The summed E-state index contributed by atoms with van der Waals surface area (Å²) in [4.78, 5) is 20.6. The van der Waals surface area contributed by atoms with Gasteiger partial charge in [0.15, 0.2) is 5.82 Å². The first kappa shape index (κ1) is 16.5. The molecule has 1 aliphatic heterocycles. The minimum Gasteiger partial charge on any atom is -0.354 e. The van der Waals surface area contributed by atoms with Crippen molar-refractivity contribution < 1.29 is 4.79 Å². The lowest BCUT2D eigenvalue weighted by molar-refractivity contribution is -0.122. The Morgan fingerprint density at radius 1 is 1.33 bits per heavy atom. The quantitative estimate of drug-likeness (QED) is 0.612. The van der Waals surface area contributed by atoms with Gasteiger partial charge in [0.1, 0.15) is 11.9 Å². The van der Waals surface area contributed by atoms with Gasteiger partial charge in [-0.25, -0.2) is 10.4 Å². The molecule has 24 heavy (non-hydrogen) atoms. The van der Waals surface area contributed by atoms with E-state index in [2.05, 4.69) is 50.2 Å². The molecule has 8 nitrogen and oxygen atoms in total. The van der Waals surface area contributed by atoms with Crippen molar-refractivity contribution in [2.24, 2.45) is 5.92 Å². The van der Waals surface area contributed by atoms with Gasteiger partial charge in [-0.3, -0.25) is 20.3 Å². The molecule has 1 aliphatic rings. The largest absolute Gasteiger partial charge is 0.354 e. The van der Waals surface area contributed by atoms with Crippen molar-refractivity contribution in [1.82, 2.24) is 36.3 Å². The van der Waals surface area contributed by atoms with Crippen LogP contribution in [0.1, 0.15) is 26.1 Å². The molecule has 0 spiro atoms. The van der Waals surface area contributed by atoms with Gasteiger partial charge in [0.25, 0.3) is 0 Å². The SMILES string of the molecule is CC(C)C1CC(C(=O)NCCc2nc(-c3ccncc3)n[nH]2)NN1. The Labute approximate surface area is 140 Å². The maximum Gasteiger partial charge on any atom is 0.238 e. The van der Waals surface area contributed by atoms with E-state index in [0.29, 0.717) is 30.7 Å². The number of nitrogens with one attached hydrogen (secondary N) is 4. The highest BCUT2D eigenvalue weighted by Gasteiger charge is 2.30. The molecule has 1 fully saturated rings. The first-order valence-electron chi connectivity index (χ1n) is 8.24. The third-order valence-electron chi connectivity index (χ3n) is 4.19. The first-order chi connectivity index (χ1) is 11.6. The minimum absolute atomic E-state index is 0.0134. The zero-order chi connectivity index (χ0) is 16.9. The molecule has 2 aromatic rings. The average Bonchev–Trinajstić information content (AvgIpc) is 3.25. The van der Waals surface area contributed by atoms with Gasteiger partial charge >= 0.3 is 0 Å². The number of aromatic nitrogens is 4. The monoisotopic (exact) mass is 329 g/mol. The van der Waals surface area contributed by atoms with Gasteiger partial charge in [0.05, 0.1) is 0 Å². The fraction of sp³-hybridized carbons (Fsp3) is 0.500. The molecule has 0 radical (unpaired) electrons. The number of amides is 1. The molecule has 2 unspecified atom stereocenters. The standard InChI is InChI=1S/C16H23N7O/c1-10(2)12-9-13(21-20-12)16(24)18-8-5-14-19-15(23-22-14)11-3-6-17-7-4-11/h3-4,6-7,10,12-13,20-21H,5,8-9H2,1-2H3,(H,18,24)(H,19,22,23). The van der Waals surface area contributed by atoms with Crippen molar-refractivity contribution in [3.05, 3.63) is 30.4 Å². The lowest BCUT2D eigenvalue weighted by atomic mass is 9.99. The van der Waals surface area contributed by atoms with Gasteiger partial charge in [0, 0.05) is 37.0 Å². The molecule has 1 amide bonds. The highest BCUT2D eigenvalue weighted by molar-refractivity contribution is 5.82. The van der Waals surface area contributed by atoms with E-state index in [0.717, 1.165) is 17.8 Å². The molecular weight excluding hydrogens is 306 g/mol. The topological polar surface area (TPSA) is 108 Å². The fourth-order valence-corrected chi connectivity index (χ4v) is 2.66. The second-order valence-corrected chi connectivity index (χ2v) is 6.31. The van der Waals surface area contributed by atoms with E-state index in [9.17, 15) is 4.79 Å². The van der Waals surface area contributed by atoms with E-state index in [1.807, 2.05) is 12.1 Å². The lowest BCUT2D eigenvalue weighted by Crippen LogP contribution is -2.44. The molecule has 3 heterocycles. The van der Waals surface area contributed by atoms with Crippen LogP contribution in [-0.4, -0.2) is 44.7 Å². The highest BCUT2D eigenvalue weighted by atomic mass is 16.2. The number of aromatic amines is 1. The highest BCUT2D eigenvalue weighted by Crippen LogP contribution is 2.14. The van der Waals surface area contributed by atoms with Crippen LogP contribution in [0.25, 0.3) is 11.4 Å². The van der Waals surface area contributed by atoms with Crippen LogP contribution >= 0.6 is 0 Å². The molecule has 1 saturated heterocycles. The summed E-state index contributed by atoms with van der Waals surface area (Å²) in [5.74, 6) is 1.90. The minimum atomic E-state index is -0.181. The van der Waals surface area contributed by atoms with E-state index < -0.39 is 0 Å². The molecule has 4 N–H and O–H groups in total. The van der Waals surface area contributed by atoms with Gasteiger partial charge in [-0.2, -0.15) is 5.10 Å². The number of carbonyl (C=O) groups is 1. The number of H-pyrrole nitrogens is 1. The smallest absolute Gasteiger partial charge is 0.238 e. The van der Waals surface area contributed by atoms with Crippen molar-refractivity contribution in [2.75, 3.05) is 6.54 Å². The number of hydrogen-bond acceptors (Lipinski definition) is 6. The van der Waals surface area contributed by atoms with Crippen LogP contribution in [0, 0.1) is 5.92 Å². The van der Waals surface area contributed by atoms with Crippen molar-refractivity contribution in [3.8, 4) is 11.4 Å². The third kappa shape index (κ3) is 3.95. The van der Waals surface area contributed by atoms with Crippen molar-refractivity contribution in [3.63, 3.8) is 0 Å². The maximum absolute atomic E-state index is 12.2. The van der Waals surface area contributed by atoms with E-state index in [-0.39, 0.29) is 11.9 Å². The number of hydrogen-bond donors (Lipinski definition) is 4. The van der Waals surface area contributed by atoms with Crippen LogP contribution in [0.2, 0.25) is 0 Å². The second kappa shape index (κ2) is 7.50. The van der Waals surface area contributed by atoms with Gasteiger partial charge in [-0.1, -0.05) is 13.8 Å². The molecule has 2 atom stereocenters. The Morgan fingerprint density at radius 3 is 2.83 bits per heavy atom. The summed E-state index contributed by atoms with van der Waals surface area (Å²) < 4.78 is 0. The molecule has 2 aromatic heterocycles. The first-order valence-corrected chi connectivity index (χ1v) is 8.24. The van der Waals surface area contributed by atoms with Gasteiger partial charge < -0.3 is 5.32 Å². The summed E-state index contributed by atoms with van der Waals surface area (Å²) >= 11 is 0. The van der Waals surface area contributed by atoms with Gasteiger partial charge in [-0.05, 0) is 24.5 Å². The normalized spacial score (nSPS) is 20.5. The summed E-state index contributed by atoms with van der Waals surface area (Å²) in [5.41, 5.74) is 7.14. The van der Waals surface area contributed by atoms with Crippen molar-refractivity contribution in [1.29, 1.82) is 0 Å². The Hall–Kier alpha value is -2.32. The Bertz CT molecular complexity index is 670. The van der Waals surface area contributed by atoms with Crippen LogP contribution in [0.5, 0.6) is 0 Å². The van der Waals surface area contributed by atoms with E-state index in [4.69, 9.17) is 0 Å².